The Balaban J connectivity index is 4.36. The van der Waals surface area contributed by atoms with E-state index in [1.807, 2.05) is 26.6 Å². The van der Waals surface area contributed by atoms with E-state index >= 15 is 0 Å². The molecule has 0 fully saturated rings. The van der Waals surface area contributed by atoms with Gasteiger partial charge < -0.3 is 4.89 Å². The molecule has 0 unspecified atom stereocenters. The highest BCUT2D eigenvalue weighted by Crippen LogP contribution is 2.13. The minimum atomic E-state index is -1.78. The van der Waals surface area contributed by atoms with Gasteiger partial charge in [0.25, 0.3) is 0 Å². The Labute approximate surface area is 96.3 Å². The zero-order chi connectivity index (χ0) is 12.1. The molecule has 5 heteroatoms. The van der Waals surface area contributed by atoms with Gasteiger partial charge in [0.05, 0.1) is 0 Å². The summed E-state index contributed by atoms with van der Waals surface area (Å²) in [6.07, 6.45) is 1.74. The fraction of sp³-hybridized carbons (Fsp3) is 0.700. The zero-order valence-corrected chi connectivity index (χ0v) is 13.6. The van der Waals surface area contributed by atoms with Crippen LogP contribution in [0.3, 0.4) is 0 Å². The smallest absolute Gasteiger partial charge is 0.305 e. The van der Waals surface area contributed by atoms with Crippen molar-refractivity contribution in [3.05, 3.63) is 10.8 Å². The summed E-state index contributed by atoms with van der Waals surface area (Å²) in [6.45, 7) is 9.98. The second-order valence-electron chi connectivity index (χ2n) is 4.80. The molecular formula is C10H22O3Si2. The van der Waals surface area contributed by atoms with Gasteiger partial charge in [-0.3, -0.25) is 0 Å². The lowest BCUT2D eigenvalue weighted by Crippen LogP contribution is -2.27. The first-order valence-corrected chi connectivity index (χ1v) is 9.75. The van der Waals surface area contributed by atoms with Crippen molar-refractivity contribution in [2.24, 2.45) is 0 Å². The van der Waals surface area contributed by atoms with Crippen molar-refractivity contribution < 1.29 is 14.3 Å². The largest absolute Gasteiger partial charge is 0.367 e. The second-order valence-corrected chi connectivity index (χ2v) is 10.7. The third-order valence-electron chi connectivity index (χ3n) is 1.72. The van der Waals surface area contributed by atoms with Gasteiger partial charge in [-0.2, -0.15) is 0 Å². The lowest BCUT2D eigenvalue weighted by molar-refractivity contribution is -0.214. The highest BCUT2D eigenvalue weighted by atomic mass is 28.4. The van der Waals surface area contributed by atoms with E-state index < -0.39 is 8.32 Å². The number of hydrogen-bond donors (Lipinski definition) is 0. The maximum atomic E-state index is 11.7. The summed E-state index contributed by atoms with van der Waals surface area (Å²) in [4.78, 5) is 16.5. The lowest BCUT2D eigenvalue weighted by atomic mass is 10.1. The highest BCUT2D eigenvalue weighted by molar-refractivity contribution is 6.69. The van der Waals surface area contributed by atoms with Gasteiger partial charge in [0.15, 0.2) is 0 Å². The Morgan fingerprint density at radius 2 is 1.87 bits per heavy atom. The molecule has 0 spiro atoms. The number of allylic oxidation sites excluding steroid dienone is 1. The second kappa shape index (κ2) is 6.24. The first-order valence-electron chi connectivity index (χ1n) is 5.34. The molecule has 0 aliphatic heterocycles. The molecule has 0 atom stereocenters. The normalized spacial score (nSPS) is 13.7. The molecule has 0 saturated heterocycles. The molecule has 0 aromatic rings. The summed E-state index contributed by atoms with van der Waals surface area (Å²) in [5, 5.41) is 1.14. The van der Waals surface area contributed by atoms with Gasteiger partial charge in [-0.1, -0.05) is 18.5 Å². The molecule has 0 amide bonds. The molecule has 0 N–H and O–H groups in total. The van der Waals surface area contributed by atoms with E-state index in [-0.39, 0.29) is 5.97 Å². The van der Waals surface area contributed by atoms with Crippen LogP contribution >= 0.6 is 0 Å². The lowest BCUT2D eigenvalue weighted by Gasteiger charge is -2.16. The van der Waals surface area contributed by atoms with E-state index in [0.717, 1.165) is 33.9 Å². The van der Waals surface area contributed by atoms with E-state index in [4.69, 9.17) is 9.46 Å². The van der Waals surface area contributed by atoms with Crippen molar-refractivity contribution in [1.82, 2.24) is 0 Å². The monoisotopic (exact) mass is 246 g/mol. The van der Waals surface area contributed by atoms with Crippen LogP contribution in [0.25, 0.3) is 0 Å². The Kier molecular flexibility index (Phi) is 6.08. The van der Waals surface area contributed by atoms with Gasteiger partial charge in [-0.25, -0.2) is 9.37 Å². The fourth-order valence-electron chi connectivity index (χ4n) is 1.02. The van der Waals surface area contributed by atoms with Crippen molar-refractivity contribution in [3.8, 4) is 0 Å². The van der Waals surface area contributed by atoms with Crippen LogP contribution in [-0.2, 0) is 14.3 Å². The highest BCUT2D eigenvalue weighted by Gasteiger charge is 2.21. The molecule has 3 nitrogen and oxygen atoms in total. The molecule has 0 aliphatic carbocycles. The predicted octanol–water partition coefficient (Wildman–Crippen LogP) is 1.74. The Morgan fingerprint density at radius 3 is 2.20 bits per heavy atom. The van der Waals surface area contributed by atoms with Crippen LogP contribution in [0.5, 0.6) is 0 Å². The van der Waals surface area contributed by atoms with Gasteiger partial charge in [-0.15, -0.1) is 0 Å². The van der Waals surface area contributed by atoms with Crippen LogP contribution in [0, 0.1) is 0 Å². The molecule has 88 valence electrons. The molecule has 0 bridgehead atoms. The summed E-state index contributed by atoms with van der Waals surface area (Å²) in [6, 6.07) is 0. The van der Waals surface area contributed by atoms with Gasteiger partial charge in [0.2, 0.25) is 8.32 Å². The minimum absolute atomic E-state index is 0.299. The summed E-state index contributed by atoms with van der Waals surface area (Å²) >= 11 is 0. The zero-order valence-electron chi connectivity index (χ0n) is 10.6. The fourth-order valence-corrected chi connectivity index (χ4v) is 1.80. The topological polar surface area (TPSA) is 35.5 Å². The molecule has 0 aromatic heterocycles. The summed E-state index contributed by atoms with van der Waals surface area (Å²) in [5.41, 5.74) is 0.794. The van der Waals surface area contributed by atoms with Crippen molar-refractivity contribution in [2.45, 2.75) is 46.3 Å². The van der Waals surface area contributed by atoms with E-state index in [0.29, 0.717) is 0 Å². The van der Waals surface area contributed by atoms with Gasteiger partial charge >= 0.3 is 5.97 Å². The van der Waals surface area contributed by atoms with Gasteiger partial charge in [-0.05, 0) is 33.0 Å². The summed E-state index contributed by atoms with van der Waals surface area (Å²) in [5.74, 6) is -0.299. The number of hydrogen-bond acceptors (Lipinski definition) is 3. The van der Waals surface area contributed by atoms with Crippen LogP contribution in [0.15, 0.2) is 10.8 Å². The average Bonchev–Trinajstić information content (AvgIpc) is 2.08. The number of carbonyl (C=O) groups is 1. The van der Waals surface area contributed by atoms with Crippen LogP contribution in [0.2, 0.25) is 19.6 Å². The molecule has 15 heavy (non-hydrogen) atoms. The Morgan fingerprint density at radius 1 is 1.33 bits per heavy atom. The van der Waals surface area contributed by atoms with E-state index in [1.54, 1.807) is 0 Å². The quantitative estimate of drug-likeness (QED) is 0.321. The van der Waals surface area contributed by atoms with E-state index in [1.165, 1.54) is 0 Å². The molecule has 0 saturated carbocycles. The molecular weight excluding hydrogens is 224 g/mol. The Bertz CT molecular complexity index is 250. The number of rotatable bonds is 5. The van der Waals surface area contributed by atoms with Crippen molar-refractivity contribution in [1.29, 1.82) is 0 Å². The van der Waals surface area contributed by atoms with Crippen molar-refractivity contribution >= 4 is 24.5 Å². The first-order chi connectivity index (χ1) is 6.78. The predicted molar refractivity (Wildman–Crippen MR) is 68.1 cm³/mol. The van der Waals surface area contributed by atoms with Crippen LogP contribution < -0.4 is 0 Å². The van der Waals surface area contributed by atoms with E-state index in [2.05, 4.69) is 6.92 Å². The third-order valence-corrected chi connectivity index (χ3v) is 2.90. The van der Waals surface area contributed by atoms with E-state index in [9.17, 15) is 4.79 Å². The molecule has 0 rings (SSSR count). The van der Waals surface area contributed by atoms with Crippen LogP contribution in [-0.4, -0.2) is 24.5 Å². The summed E-state index contributed by atoms with van der Waals surface area (Å²) in [7, 11) is -0.883. The first kappa shape index (κ1) is 14.6. The SMILES string of the molecule is CCCC(C(=O)OO[Si](C)(C)C)=C(C)[SiH3]. The van der Waals surface area contributed by atoms with Gasteiger partial charge in [0.1, 0.15) is 0 Å². The maximum Gasteiger partial charge on any atom is 0.367 e. The molecule has 0 aliphatic rings. The molecule has 0 radical (unpaired) electrons. The van der Waals surface area contributed by atoms with Crippen molar-refractivity contribution in [2.75, 3.05) is 0 Å². The van der Waals surface area contributed by atoms with Crippen molar-refractivity contribution in [3.63, 3.8) is 0 Å². The third kappa shape index (κ3) is 6.64. The molecule has 0 heterocycles. The number of carbonyl (C=O) groups excluding carboxylic acids is 1. The van der Waals surface area contributed by atoms with Gasteiger partial charge in [0, 0.05) is 15.8 Å². The van der Waals surface area contributed by atoms with Crippen LogP contribution in [0.4, 0.5) is 0 Å². The van der Waals surface area contributed by atoms with Crippen LogP contribution in [0.1, 0.15) is 26.7 Å². The average molecular weight is 246 g/mol. The Hall–Kier alpha value is -0.396. The maximum absolute atomic E-state index is 11.7. The summed E-state index contributed by atoms with van der Waals surface area (Å²) < 4.78 is 5.14. The minimum Gasteiger partial charge on any atom is -0.305 e. The molecule has 0 aromatic carbocycles. The standard InChI is InChI=1S/C10H22O3Si2/c1-6-7-9(8(2)14)10(11)12-13-15(3,4)5/h6-7H2,1-5,14H3.